The molecule has 1 rings (SSSR count). The van der Waals surface area contributed by atoms with Crippen LogP contribution in [0.5, 0.6) is 0 Å². The van der Waals surface area contributed by atoms with E-state index in [4.69, 9.17) is 10.5 Å². The van der Waals surface area contributed by atoms with E-state index in [0.29, 0.717) is 13.1 Å². The average molecular weight is 250 g/mol. The molecule has 0 spiro atoms. The van der Waals surface area contributed by atoms with Crippen LogP contribution in [-0.4, -0.2) is 31.7 Å². The summed E-state index contributed by atoms with van der Waals surface area (Å²) in [5, 5.41) is 0. The number of benzene rings is 1. The molecule has 100 valence electrons. The van der Waals surface area contributed by atoms with Crippen molar-refractivity contribution >= 4 is 11.6 Å². The van der Waals surface area contributed by atoms with Crippen LogP contribution in [0, 0.1) is 0 Å². The first-order valence-electron chi connectivity index (χ1n) is 6.15. The fraction of sp³-hybridized carbons (Fsp3) is 0.500. The highest BCUT2D eigenvalue weighted by Crippen LogP contribution is 2.20. The van der Waals surface area contributed by atoms with Crippen molar-refractivity contribution in [2.24, 2.45) is 5.73 Å². The van der Waals surface area contributed by atoms with E-state index >= 15 is 0 Å². The molecule has 2 N–H and O–H groups in total. The van der Waals surface area contributed by atoms with Gasteiger partial charge in [-0.25, -0.2) is 0 Å². The molecular weight excluding hydrogens is 228 g/mol. The zero-order valence-corrected chi connectivity index (χ0v) is 11.3. The summed E-state index contributed by atoms with van der Waals surface area (Å²) in [7, 11) is 1.55. The highest BCUT2D eigenvalue weighted by Gasteiger charge is 2.32. The van der Waals surface area contributed by atoms with Crippen LogP contribution in [0.15, 0.2) is 30.3 Å². The summed E-state index contributed by atoms with van der Waals surface area (Å²) in [6.45, 7) is 4.71. The zero-order chi connectivity index (χ0) is 13.6. The molecule has 0 radical (unpaired) electrons. The van der Waals surface area contributed by atoms with Gasteiger partial charge in [0.15, 0.2) is 0 Å². The van der Waals surface area contributed by atoms with E-state index in [1.165, 1.54) is 0 Å². The Balaban J connectivity index is 2.95. The average Bonchev–Trinajstić information content (AvgIpc) is 2.40. The fourth-order valence-electron chi connectivity index (χ4n) is 1.62. The van der Waals surface area contributed by atoms with Gasteiger partial charge in [0.05, 0.1) is 0 Å². The van der Waals surface area contributed by atoms with Crippen LogP contribution in [-0.2, 0) is 9.53 Å². The Morgan fingerprint density at radius 3 is 2.44 bits per heavy atom. The van der Waals surface area contributed by atoms with E-state index < -0.39 is 5.60 Å². The largest absolute Gasteiger partial charge is 0.369 e. The quantitative estimate of drug-likeness (QED) is 0.837. The number of amides is 1. The van der Waals surface area contributed by atoms with Crippen molar-refractivity contribution < 1.29 is 9.53 Å². The third-order valence-corrected chi connectivity index (χ3v) is 2.92. The molecule has 0 saturated carbocycles. The van der Waals surface area contributed by atoms with Crippen LogP contribution in [0.2, 0.25) is 0 Å². The monoisotopic (exact) mass is 250 g/mol. The number of hydrogen-bond donors (Lipinski definition) is 1. The number of anilines is 1. The Morgan fingerprint density at radius 1 is 1.33 bits per heavy atom. The van der Waals surface area contributed by atoms with Crippen molar-refractivity contribution in [3.05, 3.63) is 30.3 Å². The first-order valence-corrected chi connectivity index (χ1v) is 6.15. The number of carbonyl (C=O) groups excluding carboxylic acids is 1. The predicted octanol–water partition coefficient (Wildman–Crippen LogP) is 1.79. The molecule has 0 aromatic heterocycles. The molecule has 4 nitrogen and oxygen atoms in total. The van der Waals surface area contributed by atoms with Crippen LogP contribution in [0.25, 0.3) is 0 Å². The normalized spacial score (nSPS) is 11.3. The van der Waals surface area contributed by atoms with Gasteiger partial charge in [-0.05, 0) is 38.9 Å². The van der Waals surface area contributed by atoms with Crippen molar-refractivity contribution in [2.75, 3.05) is 25.1 Å². The smallest absolute Gasteiger partial charge is 0.258 e. The summed E-state index contributed by atoms with van der Waals surface area (Å²) in [5.41, 5.74) is 5.57. The Bertz CT molecular complexity index is 377. The number of nitrogens with two attached hydrogens (primary N) is 1. The van der Waals surface area contributed by atoms with Crippen molar-refractivity contribution in [3.8, 4) is 0 Å². The number of methoxy groups -OCH3 is 1. The first kappa shape index (κ1) is 14.7. The Hall–Kier alpha value is -1.39. The molecule has 0 bridgehead atoms. The lowest BCUT2D eigenvalue weighted by Gasteiger charge is -2.31. The van der Waals surface area contributed by atoms with Crippen molar-refractivity contribution in [2.45, 2.75) is 25.9 Å². The molecule has 0 aliphatic heterocycles. The number of carbonyl (C=O) groups is 1. The molecular formula is C14H22N2O2. The summed E-state index contributed by atoms with van der Waals surface area (Å²) in [6.07, 6.45) is 0.764. The van der Waals surface area contributed by atoms with Gasteiger partial charge >= 0.3 is 0 Å². The molecule has 0 aliphatic carbocycles. The highest BCUT2D eigenvalue weighted by molar-refractivity contribution is 5.98. The van der Waals surface area contributed by atoms with E-state index in [2.05, 4.69) is 0 Å². The van der Waals surface area contributed by atoms with Gasteiger partial charge < -0.3 is 15.4 Å². The van der Waals surface area contributed by atoms with E-state index in [0.717, 1.165) is 12.1 Å². The summed E-state index contributed by atoms with van der Waals surface area (Å²) in [6, 6.07) is 9.59. The minimum absolute atomic E-state index is 0.0512. The van der Waals surface area contributed by atoms with E-state index in [-0.39, 0.29) is 5.91 Å². The third kappa shape index (κ3) is 3.55. The molecule has 0 saturated heterocycles. The second-order valence-electron chi connectivity index (χ2n) is 4.65. The number of para-hydroxylation sites is 1. The molecule has 1 aromatic carbocycles. The van der Waals surface area contributed by atoms with Gasteiger partial charge in [-0.15, -0.1) is 0 Å². The van der Waals surface area contributed by atoms with E-state index in [1.807, 2.05) is 30.3 Å². The lowest BCUT2D eigenvalue weighted by Crippen LogP contribution is -2.47. The van der Waals surface area contributed by atoms with Crippen molar-refractivity contribution in [3.63, 3.8) is 0 Å². The summed E-state index contributed by atoms with van der Waals surface area (Å²) in [5.74, 6) is -0.0512. The molecule has 1 aromatic rings. The van der Waals surface area contributed by atoms with Crippen LogP contribution < -0.4 is 10.6 Å². The molecule has 0 aliphatic rings. The third-order valence-electron chi connectivity index (χ3n) is 2.92. The van der Waals surface area contributed by atoms with Crippen molar-refractivity contribution in [1.82, 2.24) is 0 Å². The van der Waals surface area contributed by atoms with E-state index in [1.54, 1.807) is 25.9 Å². The van der Waals surface area contributed by atoms with Crippen LogP contribution in [0.4, 0.5) is 5.69 Å². The Labute approximate surface area is 109 Å². The summed E-state index contributed by atoms with van der Waals surface area (Å²) >= 11 is 0. The second kappa shape index (κ2) is 6.52. The number of nitrogens with zero attached hydrogens (tertiary/aromatic N) is 1. The minimum atomic E-state index is -0.829. The van der Waals surface area contributed by atoms with Crippen LogP contribution >= 0.6 is 0 Å². The molecule has 0 unspecified atom stereocenters. The Kier molecular flexibility index (Phi) is 5.31. The zero-order valence-electron chi connectivity index (χ0n) is 11.3. The molecule has 18 heavy (non-hydrogen) atoms. The van der Waals surface area contributed by atoms with Gasteiger partial charge in [0.2, 0.25) is 0 Å². The number of ether oxygens (including phenoxy) is 1. The first-order chi connectivity index (χ1) is 8.53. The van der Waals surface area contributed by atoms with Gasteiger partial charge in [-0.3, -0.25) is 4.79 Å². The van der Waals surface area contributed by atoms with Gasteiger partial charge in [0, 0.05) is 19.3 Å². The fourth-order valence-corrected chi connectivity index (χ4v) is 1.62. The summed E-state index contributed by atoms with van der Waals surface area (Å²) in [4.78, 5) is 14.2. The number of hydrogen-bond acceptors (Lipinski definition) is 3. The predicted molar refractivity (Wildman–Crippen MR) is 73.6 cm³/mol. The van der Waals surface area contributed by atoms with Crippen LogP contribution in [0.3, 0.4) is 0 Å². The maximum absolute atomic E-state index is 12.5. The maximum atomic E-state index is 12.5. The van der Waals surface area contributed by atoms with Gasteiger partial charge in [-0.2, -0.15) is 0 Å². The maximum Gasteiger partial charge on any atom is 0.258 e. The standard InChI is InChI=1S/C14H22N2O2/c1-14(2,18-3)13(17)16(11-7-10-15)12-8-5-4-6-9-12/h4-6,8-9H,7,10-11,15H2,1-3H3. The Morgan fingerprint density at radius 2 is 1.94 bits per heavy atom. The molecule has 0 atom stereocenters. The van der Waals surface area contributed by atoms with Crippen molar-refractivity contribution in [1.29, 1.82) is 0 Å². The SMILES string of the molecule is COC(C)(C)C(=O)N(CCCN)c1ccccc1. The second-order valence-corrected chi connectivity index (χ2v) is 4.65. The topological polar surface area (TPSA) is 55.6 Å². The minimum Gasteiger partial charge on any atom is -0.369 e. The molecule has 1 amide bonds. The number of rotatable bonds is 6. The molecule has 0 heterocycles. The van der Waals surface area contributed by atoms with Gasteiger partial charge in [-0.1, -0.05) is 18.2 Å². The lowest BCUT2D eigenvalue weighted by molar-refractivity contribution is -0.136. The van der Waals surface area contributed by atoms with E-state index in [9.17, 15) is 4.79 Å². The van der Waals surface area contributed by atoms with Crippen LogP contribution in [0.1, 0.15) is 20.3 Å². The summed E-state index contributed by atoms with van der Waals surface area (Å²) < 4.78 is 5.26. The molecule has 0 fully saturated rings. The van der Waals surface area contributed by atoms with Gasteiger partial charge in [0.25, 0.3) is 5.91 Å². The highest BCUT2D eigenvalue weighted by atomic mass is 16.5. The lowest BCUT2D eigenvalue weighted by atomic mass is 10.1. The molecule has 4 heteroatoms. The van der Waals surface area contributed by atoms with Gasteiger partial charge in [0.1, 0.15) is 5.60 Å².